The number of fused-ring (bicyclic) bond motifs is 1. The number of aromatic nitrogens is 3. The third-order valence-electron chi connectivity index (χ3n) is 4.61. The molecule has 152 valence electrons. The van der Waals surface area contributed by atoms with Crippen molar-refractivity contribution in [2.75, 3.05) is 6.54 Å². The fourth-order valence-electron chi connectivity index (χ4n) is 3.05. The minimum atomic E-state index is -0.330. The second kappa shape index (κ2) is 8.24. The Kier molecular flexibility index (Phi) is 5.50. The van der Waals surface area contributed by atoms with Gasteiger partial charge in [-0.1, -0.05) is 37.6 Å². The van der Waals surface area contributed by atoms with Gasteiger partial charge < -0.3 is 5.32 Å². The van der Waals surface area contributed by atoms with E-state index in [1.807, 2.05) is 32.0 Å². The van der Waals surface area contributed by atoms with E-state index in [0.29, 0.717) is 45.8 Å². The van der Waals surface area contributed by atoms with Gasteiger partial charge in [0.1, 0.15) is 11.5 Å². The van der Waals surface area contributed by atoms with E-state index < -0.39 is 0 Å². The first-order valence-corrected chi connectivity index (χ1v) is 9.99. The molecule has 0 saturated carbocycles. The van der Waals surface area contributed by atoms with Gasteiger partial charge in [0, 0.05) is 28.8 Å². The number of carbonyl (C=O) groups excluding carboxylic acids is 1. The monoisotopic (exact) mass is 422 g/mol. The highest BCUT2D eigenvalue weighted by Crippen LogP contribution is 2.25. The van der Waals surface area contributed by atoms with E-state index in [1.54, 1.807) is 30.3 Å². The summed E-state index contributed by atoms with van der Waals surface area (Å²) in [6.07, 6.45) is 0. The summed E-state index contributed by atoms with van der Waals surface area (Å²) < 4.78 is 14.9. The number of rotatable bonds is 5. The van der Waals surface area contributed by atoms with Crippen LogP contribution < -0.4 is 5.32 Å². The fraction of sp³-hybridized carbons (Fsp3) is 0.174. The lowest BCUT2D eigenvalue weighted by atomic mass is 10.1. The molecule has 1 amide bonds. The number of amides is 1. The summed E-state index contributed by atoms with van der Waals surface area (Å²) in [6, 6.07) is 16.8. The van der Waals surface area contributed by atoms with Crippen molar-refractivity contribution < 1.29 is 9.18 Å². The molecular formula is C23H20ClFN4O. The van der Waals surface area contributed by atoms with E-state index >= 15 is 0 Å². The lowest BCUT2D eigenvalue weighted by molar-refractivity contribution is 0.0941. The molecule has 0 aliphatic heterocycles. The van der Waals surface area contributed by atoms with Crippen LogP contribution in [0.4, 0.5) is 4.39 Å². The summed E-state index contributed by atoms with van der Waals surface area (Å²) in [6.45, 7) is 4.59. The molecule has 0 fully saturated rings. The highest BCUT2D eigenvalue weighted by molar-refractivity contribution is 6.30. The van der Waals surface area contributed by atoms with E-state index in [1.165, 1.54) is 16.6 Å². The Hall–Kier alpha value is -3.25. The molecule has 5 nitrogen and oxygen atoms in total. The van der Waals surface area contributed by atoms with Gasteiger partial charge in [-0.2, -0.15) is 5.10 Å². The Morgan fingerprint density at radius 2 is 1.67 bits per heavy atom. The molecule has 1 N–H and O–H groups in total. The van der Waals surface area contributed by atoms with E-state index in [-0.39, 0.29) is 11.7 Å². The van der Waals surface area contributed by atoms with E-state index in [0.717, 1.165) is 5.56 Å². The molecule has 0 aliphatic carbocycles. The van der Waals surface area contributed by atoms with Gasteiger partial charge in [0.15, 0.2) is 5.65 Å². The number of carbonyl (C=O) groups is 1. The van der Waals surface area contributed by atoms with Crippen molar-refractivity contribution in [1.82, 2.24) is 19.9 Å². The highest BCUT2D eigenvalue weighted by Gasteiger charge is 2.17. The largest absolute Gasteiger partial charge is 0.350 e. The van der Waals surface area contributed by atoms with Crippen molar-refractivity contribution in [1.29, 1.82) is 0 Å². The number of nitrogens with one attached hydrogen (secondary N) is 1. The zero-order chi connectivity index (χ0) is 21.3. The topological polar surface area (TPSA) is 59.3 Å². The predicted molar refractivity (Wildman–Crippen MR) is 116 cm³/mol. The van der Waals surface area contributed by atoms with Crippen LogP contribution in [0.5, 0.6) is 0 Å². The second-order valence-corrected chi connectivity index (χ2v) is 7.88. The van der Waals surface area contributed by atoms with Gasteiger partial charge in [-0.3, -0.25) is 4.79 Å². The maximum atomic E-state index is 13.4. The van der Waals surface area contributed by atoms with Crippen LogP contribution in [0, 0.1) is 11.7 Å². The van der Waals surface area contributed by atoms with Gasteiger partial charge in [-0.25, -0.2) is 13.9 Å². The van der Waals surface area contributed by atoms with Crippen LogP contribution in [0.15, 0.2) is 60.7 Å². The maximum Gasteiger partial charge on any atom is 0.270 e. The van der Waals surface area contributed by atoms with E-state index in [9.17, 15) is 9.18 Å². The Morgan fingerprint density at radius 3 is 2.33 bits per heavy atom. The highest BCUT2D eigenvalue weighted by atomic mass is 35.5. The van der Waals surface area contributed by atoms with Crippen LogP contribution in [-0.2, 0) is 0 Å². The smallest absolute Gasteiger partial charge is 0.270 e. The van der Waals surface area contributed by atoms with Gasteiger partial charge >= 0.3 is 0 Å². The standard InChI is InChI=1S/C23H20ClFN4O/c1-14(2)13-26-23(30)21-11-19(15-5-9-18(25)10-6-15)27-22-12-20(28-29(21)22)16-3-7-17(24)8-4-16/h3-12,14H,13H2,1-2H3,(H,26,30). The number of benzene rings is 2. The van der Waals surface area contributed by atoms with E-state index in [4.69, 9.17) is 11.6 Å². The zero-order valence-corrected chi connectivity index (χ0v) is 17.3. The molecule has 0 unspecified atom stereocenters. The molecule has 0 aliphatic rings. The molecule has 0 bridgehead atoms. The van der Waals surface area contributed by atoms with E-state index in [2.05, 4.69) is 15.4 Å². The third-order valence-corrected chi connectivity index (χ3v) is 4.86. The Balaban J connectivity index is 1.84. The van der Waals surface area contributed by atoms with Crippen LogP contribution in [-0.4, -0.2) is 27.0 Å². The second-order valence-electron chi connectivity index (χ2n) is 7.44. The lowest BCUT2D eigenvalue weighted by Crippen LogP contribution is -2.29. The minimum absolute atomic E-state index is 0.245. The van der Waals surface area contributed by atoms with Crippen molar-refractivity contribution in [3.05, 3.63) is 77.2 Å². The molecule has 0 atom stereocenters. The van der Waals surface area contributed by atoms with Crippen molar-refractivity contribution in [3.63, 3.8) is 0 Å². The summed E-state index contributed by atoms with van der Waals surface area (Å²) in [7, 11) is 0. The van der Waals surface area contributed by atoms with Crippen molar-refractivity contribution in [2.24, 2.45) is 5.92 Å². The Labute approximate surface area is 178 Å². The van der Waals surface area contributed by atoms with Gasteiger partial charge in [0.2, 0.25) is 0 Å². The lowest BCUT2D eigenvalue weighted by Gasteiger charge is -2.10. The summed E-state index contributed by atoms with van der Waals surface area (Å²) in [5, 5.41) is 8.16. The maximum absolute atomic E-state index is 13.4. The van der Waals surface area contributed by atoms with Crippen molar-refractivity contribution in [3.8, 4) is 22.5 Å². The summed E-state index contributed by atoms with van der Waals surface area (Å²) >= 11 is 5.99. The minimum Gasteiger partial charge on any atom is -0.350 e. The first-order valence-electron chi connectivity index (χ1n) is 9.61. The Bertz CT molecular complexity index is 1200. The fourth-order valence-corrected chi connectivity index (χ4v) is 3.18. The number of hydrogen-bond acceptors (Lipinski definition) is 3. The van der Waals surface area contributed by atoms with Crippen LogP contribution in [0.1, 0.15) is 24.3 Å². The average molecular weight is 423 g/mol. The number of hydrogen-bond donors (Lipinski definition) is 1. The van der Waals surface area contributed by atoms with Gasteiger partial charge in [0.25, 0.3) is 5.91 Å². The number of halogens is 2. The molecule has 4 aromatic rings. The predicted octanol–water partition coefficient (Wildman–Crippen LogP) is 5.24. The molecule has 7 heteroatoms. The normalized spacial score (nSPS) is 11.2. The molecule has 4 rings (SSSR count). The molecule has 2 aromatic carbocycles. The zero-order valence-electron chi connectivity index (χ0n) is 16.6. The molecule has 0 spiro atoms. The first-order chi connectivity index (χ1) is 14.4. The summed E-state index contributed by atoms with van der Waals surface area (Å²) in [4.78, 5) is 17.6. The quantitative estimate of drug-likeness (QED) is 0.478. The molecule has 30 heavy (non-hydrogen) atoms. The van der Waals surface area contributed by atoms with Gasteiger partial charge in [-0.15, -0.1) is 0 Å². The molecule has 2 heterocycles. The Morgan fingerprint density at radius 1 is 1.03 bits per heavy atom. The molecular weight excluding hydrogens is 403 g/mol. The average Bonchev–Trinajstić information content (AvgIpc) is 3.16. The van der Waals surface area contributed by atoms with Crippen LogP contribution in [0.3, 0.4) is 0 Å². The van der Waals surface area contributed by atoms with Crippen molar-refractivity contribution in [2.45, 2.75) is 13.8 Å². The van der Waals surface area contributed by atoms with Gasteiger partial charge in [-0.05, 0) is 48.4 Å². The number of nitrogens with zero attached hydrogens (tertiary/aromatic N) is 3. The van der Waals surface area contributed by atoms with Crippen molar-refractivity contribution >= 4 is 23.2 Å². The molecule has 0 saturated heterocycles. The third kappa shape index (κ3) is 4.19. The van der Waals surface area contributed by atoms with Crippen LogP contribution in [0.2, 0.25) is 5.02 Å². The summed E-state index contributed by atoms with van der Waals surface area (Å²) in [5.41, 5.74) is 3.71. The van der Waals surface area contributed by atoms with Crippen LogP contribution >= 0.6 is 11.6 Å². The molecule has 0 radical (unpaired) electrons. The first kappa shape index (κ1) is 20.0. The molecule has 2 aromatic heterocycles. The van der Waals surface area contributed by atoms with Crippen LogP contribution in [0.25, 0.3) is 28.2 Å². The van der Waals surface area contributed by atoms with Gasteiger partial charge in [0.05, 0.1) is 11.4 Å². The summed E-state index contributed by atoms with van der Waals surface area (Å²) in [5.74, 6) is -0.264. The SMILES string of the molecule is CC(C)CNC(=O)c1cc(-c2ccc(F)cc2)nc2cc(-c3ccc(Cl)cc3)nn12.